The van der Waals surface area contributed by atoms with Crippen LogP contribution in [0.4, 0.5) is 0 Å². The van der Waals surface area contributed by atoms with Crippen LogP contribution >= 0.6 is 0 Å². The maximum absolute atomic E-state index is 5.79. The van der Waals surface area contributed by atoms with Crippen molar-refractivity contribution in [2.24, 2.45) is 17.6 Å². The van der Waals surface area contributed by atoms with E-state index < -0.39 is 0 Å². The molecule has 0 amide bonds. The molecule has 0 aliphatic heterocycles. The van der Waals surface area contributed by atoms with Gasteiger partial charge < -0.3 is 15.8 Å². The van der Waals surface area contributed by atoms with Crippen molar-refractivity contribution in [3.05, 3.63) is 0 Å². The first-order valence-electron chi connectivity index (χ1n) is 6.76. The Hall–Kier alpha value is -0.120. The third-order valence-electron chi connectivity index (χ3n) is 3.59. The Balaban J connectivity index is 1.94. The van der Waals surface area contributed by atoms with Crippen LogP contribution in [-0.4, -0.2) is 32.3 Å². The maximum atomic E-state index is 5.79. The molecule has 0 heterocycles. The summed E-state index contributed by atoms with van der Waals surface area (Å²) in [5, 5.41) is 3.44. The highest BCUT2D eigenvalue weighted by Gasteiger charge is 2.15. The van der Waals surface area contributed by atoms with Gasteiger partial charge in [0.1, 0.15) is 0 Å². The summed E-state index contributed by atoms with van der Waals surface area (Å²) in [5.74, 6) is 1.25. The molecule has 3 N–H and O–H groups in total. The highest BCUT2D eigenvalue weighted by atomic mass is 16.5. The van der Waals surface area contributed by atoms with Crippen molar-refractivity contribution in [2.45, 2.75) is 45.6 Å². The van der Waals surface area contributed by atoms with Gasteiger partial charge in [-0.3, -0.25) is 0 Å². The van der Waals surface area contributed by atoms with Crippen molar-refractivity contribution in [1.82, 2.24) is 5.32 Å². The molecule has 0 spiro atoms. The summed E-state index contributed by atoms with van der Waals surface area (Å²) in [6, 6.07) is 0. The molecule has 0 radical (unpaired) electrons. The zero-order valence-corrected chi connectivity index (χ0v) is 10.9. The minimum atomic E-state index is 0.539. The quantitative estimate of drug-likeness (QED) is 0.622. The summed E-state index contributed by atoms with van der Waals surface area (Å²) in [7, 11) is 0. The summed E-state index contributed by atoms with van der Waals surface area (Å²) in [6.07, 6.45) is 5.76. The molecule has 1 atom stereocenters. The maximum Gasteiger partial charge on any atom is 0.0594 e. The standard InChI is InChI=1S/C13H28N2O/c1-11(2)12(9-14)10-15-7-8-16-13-5-3-4-6-13/h11-13,15H,3-10,14H2,1-2H3. The smallest absolute Gasteiger partial charge is 0.0594 e. The number of nitrogens with one attached hydrogen (secondary N) is 1. The van der Waals surface area contributed by atoms with Crippen LogP contribution in [-0.2, 0) is 4.74 Å². The van der Waals surface area contributed by atoms with Crippen LogP contribution in [0.15, 0.2) is 0 Å². The highest BCUT2D eigenvalue weighted by Crippen LogP contribution is 2.20. The van der Waals surface area contributed by atoms with Gasteiger partial charge in [-0.2, -0.15) is 0 Å². The predicted molar refractivity (Wildman–Crippen MR) is 68.5 cm³/mol. The lowest BCUT2D eigenvalue weighted by Gasteiger charge is -2.19. The van der Waals surface area contributed by atoms with Crippen molar-refractivity contribution in [2.75, 3.05) is 26.2 Å². The Morgan fingerprint density at radius 1 is 1.31 bits per heavy atom. The number of hydrogen-bond acceptors (Lipinski definition) is 3. The monoisotopic (exact) mass is 228 g/mol. The van der Waals surface area contributed by atoms with Crippen LogP contribution < -0.4 is 11.1 Å². The van der Waals surface area contributed by atoms with Crippen LogP contribution in [0.5, 0.6) is 0 Å². The fraction of sp³-hybridized carbons (Fsp3) is 1.00. The van der Waals surface area contributed by atoms with Crippen LogP contribution in [0, 0.1) is 11.8 Å². The molecule has 1 saturated carbocycles. The van der Waals surface area contributed by atoms with E-state index in [2.05, 4.69) is 19.2 Å². The van der Waals surface area contributed by atoms with E-state index in [4.69, 9.17) is 10.5 Å². The van der Waals surface area contributed by atoms with Gasteiger partial charge in [-0.25, -0.2) is 0 Å². The van der Waals surface area contributed by atoms with Gasteiger partial charge in [0.2, 0.25) is 0 Å². The van der Waals surface area contributed by atoms with Crippen molar-refractivity contribution >= 4 is 0 Å². The molecular weight excluding hydrogens is 200 g/mol. The summed E-state index contributed by atoms with van der Waals surface area (Å²) in [5.41, 5.74) is 5.72. The molecular formula is C13H28N2O. The van der Waals surface area contributed by atoms with Gasteiger partial charge in [0.15, 0.2) is 0 Å². The summed E-state index contributed by atoms with van der Waals surface area (Å²) >= 11 is 0. The zero-order chi connectivity index (χ0) is 11.8. The lowest BCUT2D eigenvalue weighted by Crippen LogP contribution is -2.33. The second-order valence-electron chi connectivity index (χ2n) is 5.22. The Morgan fingerprint density at radius 3 is 2.56 bits per heavy atom. The van der Waals surface area contributed by atoms with E-state index in [-0.39, 0.29) is 0 Å². The van der Waals surface area contributed by atoms with E-state index in [9.17, 15) is 0 Å². The molecule has 0 aromatic heterocycles. The van der Waals surface area contributed by atoms with Crippen molar-refractivity contribution in [3.8, 4) is 0 Å². The molecule has 96 valence electrons. The van der Waals surface area contributed by atoms with E-state index >= 15 is 0 Å². The van der Waals surface area contributed by atoms with Crippen LogP contribution in [0.2, 0.25) is 0 Å². The second kappa shape index (κ2) is 8.04. The highest BCUT2D eigenvalue weighted by molar-refractivity contribution is 4.68. The van der Waals surface area contributed by atoms with Gasteiger partial charge in [0.05, 0.1) is 12.7 Å². The Labute approximate surface area is 100 Å². The normalized spacial score (nSPS) is 19.5. The van der Waals surface area contributed by atoms with Gasteiger partial charge in [0.25, 0.3) is 0 Å². The fourth-order valence-corrected chi connectivity index (χ4v) is 2.23. The molecule has 3 heteroatoms. The number of rotatable bonds is 8. The molecule has 0 aromatic rings. The first kappa shape index (κ1) is 13.9. The summed E-state index contributed by atoms with van der Waals surface area (Å²) < 4.78 is 5.79. The molecule has 1 aliphatic carbocycles. The second-order valence-corrected chi connectivity index (χ2v) is 5.22. The molecule has 0 aromatic carbocycles. The number of ether oxygens (including phenoxy) is 1. The van der Waals surface area contributed by atoms with Crippen molar-refractivity contribution < 1.29 is 4.74 Å². The van der Waals surface area contributed by atoms with Gasteiger partial charge >= 0.3 is 0 Å². The van der Waals surface area contributed by atoms with E-state index in [0.717, 1.165) is 26.2 Å². The molecule has 1 aliphatic rings. The Morgan fingerprint density at radius 2 is 2.00 bits per heavy atom. The first-order valence-corrected chi connectivity index (χ1v) is 6.76. The molecule has 1 rings (SSSR count). The minimum absolute atomic E-state index is 0.539. The number of hydrogen-bond donors (Lipinski definition) is 2. The van der Waals surface area contributed by atoms with Gasteiger partial charge in [-0.15, -0.1) is 0 Å². The average Bonchev–Trinajstić information content (AvgIpc) is 2.75. The molecule has 16 heavy (non-hydrogen) atoms. The molecule has 3 nitrogen and oxygen atoms in total. The van der Waals surface area contributed by atoms with Gasteiger partial charge in [-0.05, 0) is 37.8 Å². The Kier molecular flexibility index (Phi) is 7.01. The summed E-state index contributed by atoms with van der Waals surface area (Å²) in [6.45, 7) is 8.05. The zero-order valence-electron chi connectivity index (χ0n) is 10.9. The van der Waals surface area contributed by atoms with Crippen molar-refractivity contribution in [3.63, 3.8) is 0 Å². The minimum Gasteiger partial charge on any atom is -0.377 e. The third-order valence-corrected chi connectivity index (χ3v) is 3.59. The van der Waals surface area contributed by atoms with Crippen LogP contribution in [0.25, 0.3) is 0 Å². The van der Waals surface area contributed by atoms with Crippen LogP contribution in [0.3, 0.4) is 0 Å². The number of nitrogens with two attached hydrogens (primary N) is 1. The van der Waals surface area contributed by atoms with E-state index in [1.807, 2.05) is 0 Å². The lowest BCUT2D eigenvalue weighted by molar-refractivity contribution is 0.0598. The SMILES string of the molecule is CC(C)C(CN)CNCCOC1CCCC1. The predicted octanol–water partition coefficient (Wildman–Crippen LogP) is 1.77. The van der Waals surface area contributed by atoms with E-state index in [1.165, 1.54) is 25.7 Å². The van der Waals surface area contributed by atoms with E-state index in [1.54, 1.807) is 0 Å². The van der Waals surface area contributed by atoms with Crippen molar-refractivity contribution in [1.29, 1.82) is 0 Å². The topological polar surface area (TPSA) is 47.3 Å². The molecule has 0 bridgehead atoms. The summed E-state index contributed by atoms with van der Waals surface area (Å²) in [4.78, 5) is 0. The molecule has 1 fully saturated rings. The molecule has 1 unspecified atom stereocenters. The molecule has 0 saturated heterocycles. The van der Waals surface area contributed by atoms with Gasteiger partial charge in [0, 0.05) is 6.54 Å². The first-order chi connectivity index (χ1) is 7.74. The Bertz CT molecular complexity index is 167. The largest absolute Gasteiger partial charge is 0.377 e. The fourth-order valence-electron chi connectivity index (χ4n) is 2.23. The van der Waals surface area contributed by atoms with Crippen LogP contribution in [0.1, 0.15) is 39.5 Å². The van der Waals surface area contributed by atoms with E-state index in [0.29, 0.717) is 17.9 Å². The average molecular weight is 228 g/mol. The lowest BCUT2D eigenvalue weighted by atomic mass is 9.96. The third kappa shape index (κ3) is 5.28. The van der Waals surface area contributed by atoms with Gasteiger partial charge in [-0.1, -0.05) is 26.7 Å².